The number of nitrogens with zero attached hydrogens (tertiary/aromatic N) is 1. The number of hydrogen-bond donors (Lipinski definition) is 1. The average Bonchev–Trinajstić information content (AvgIpc) is 2.68. The molecule has 5 nitrogen and oxygen atoms in total. The molecule has 0 aromatic heterocycles. The van der Waals surface area contributed by atoms with E-state index in [1.165, 1.54) is 24.3 Å². The van der Waals surface area contributed by atoms with Crippen LogP contribution in [-0.4, -0.2) is 36.4 Å². The highest BCUT2D eigenvalue weighted by Crippen LogP contribution is 2.53. The standard InChI is InChI=1S/C17H23NO4S/c1-16(2)8-13-9-17(3,10-16)11-18(13)23(21,22)14-6-4-12(5-7-14)15(19)20/h4-7,13H,8-11H2,1-3H3,(H,19,20)/t13-,17-/m1/s1. The van der Waals surface area contributed by atoms with Crippen molar-refractivity contribution in [2.45, 2.75) is 51.0 Å². The van der Waals surface area contributed by atoms with Gasteiger partial charge in [-0.2, -0.15) is 4.31 Å². The first-order valence-corrected chi connectivity index (χ1v) is 9.32. The molecule has 1 aliphatic carbocycles. The van der Waals surface area contributed by atoms with Crippen molar-refractivity contribution in [3.63, 3.8) is 0 Å². The normalized spacial score (nSPS) is 30.3. The zero-order valence-electron chi connectivity index (χ0n) is 13.7. The summed E-state index contributed by atoms with van der Waals surface area (Å²) in [7, 11) is -3.58. The summed E-state index contributed by atoms with van der Waals surface area (Å²) in [5.74, 6) is -1.06. The van der Waals surface area contributed by atoms with E-state index in [4.69, 9.17) is 5.11 Å². The van der Waals surface area contributed by atoms with E-state index in [-0.39, 0.29) is 27.3 Å². The summed E-state index contributed by atoms with van der Waals surface area (Å²) in [5.41, 5.74) is 0.271. The molecule has 1 N–H and O–H groups in total. The molecule has 1 aromatic rings. The number of fused-ring (bicyclic) bond motifs is 2. The number of rotatable bonds is 3. The average molecular weight is 337 g/mol. The lowest BCUT2D eigenvalue weighted by atomic mass is 9.65. The molecule has 0 amide bonds. The number of aromatic carboxylic acids is 1. The van der Waals surface area contributed by atoms with Crippen LogP contribution in [0.4, 0.5) is 0 Å². The molecule has 3 rings (SSSR count). The van der Waals surface area contributed by atoms with E-state index in [1.807, 2.05) is 0 Å². The Balaban J connectivity index is 1.93. The van der Waals surface area contributed by atoms with Crippen LogP contribution in [0.3, 0.4) is 0 Å². The Morgan fingerprint density at radius 3 is 2.35 bits per heavy atom. The summed E-state index contributed by atoms with van der Waals surface area (Å²) in [6.45, 7) is 7.12. The third-order valence-corrected chi connectivity index (χ3v) is 6.99. The molecule has 1 aromatic carbocycles. The van der Waals surface area contributed by atoms with E-state index in [9.17, 15) is 13.2 Å². The van der Waals surface area contributed by atoms with Gasteiger partial charge in [0.2, 0.25) is 10.0 Å². The van der Waals surface area contributed by atoms with Crippen molar-refractivity contribution in [1.82, 2.24) is 4.31 Å². The molecule has 126 valence electrons. The fraction of sp³-hybridized carbons (Fsp3) is 0.588. The second-order valence-electron chi connectivity index (χ2n) is 8.09. The van der Waals surface area contributed by atoms with Crippen LogP contribution >= 0.6 is 0 Å². The molecule has 1 heterocycles. The highest BCUT2D eigenvalue weighted by Gasteiger charge is 2.53. The van der Waals surface area contributed by atoms with Gasteiger partial charge in [0.15, 0.2) is 0 Å². The fourth-order valence-corrected chi connectivity index (χ4v) is 6.37. The summed E-state index contributed by atoms with van der Waals surface area (Å²) in [5, 5.41) is 8.94. The smallest absolute Gasteiger partial charge is 0.335 e. The molecule has 0 spiro atoms. The number of carboxylic acids is 1. The van der Waals surface area contributed by atoms with Gasteiger partial charge in [0.25, 0.3) is 0 Å². The van der Waals surface area contributed by atoms with E-state index in [2.05, 4.69) is 20.8 Å². The maximum absolute atomic E-state index is 13.0. The van der Waals surface area contributed by atoms with Crippen molar-refractivity contribution in [2.24, 2.45) is 10.8 Å². The van der Waals surface area contributed by atoms with Gasteiger partial charge in [-0.25, -0.2) is 13.2 Å². The second-order valence-corrected chi connectivity index (χ2v) is 9.98. The van der Waals surface area contributed by atoms with E-state index >= 15 is 0 Å². The number of hydrogen-bond acceptors (Lipinski definition) is 3. The topological polar surface area (TPSA) is 74.7 Å². The summed E-state index contributed by atoms with van der Waals surface area (Å²) < 4.78 is 27.6. The Kier molecular flexibility index (Phi) is 3.61. The van der Waals surface area contributed by atoms with Crippen molar-refractivity contribution < 1.29 is 18.3 Å². The summed E-state index contributed by atoms with van der Waals surface area (Å²) in [4.78, 5) is 11.1. The lowest BCUT2D eigenvalue weighted by Crippen LogP contribution is -2.37. The maximum Gasteiger partial charge on any atom is 0.335 e. The molecule has 2 atom stereocenters. The van der Waals surface area contributed by atoms with Crippen molar-refractivity contribution in [3.05, 3.63) is 29.8 Å². The Bertz CT molecular complexity index is 738. The molecular formula is C17H23NO4S. The van der Waals surface area contributed by atoms with Gasteiger partial charge < -0.3 is 5.11 Å². The molecule has 0 unspecified atom stereocenters. The zero-order valence-corrected chi connectivity index (χ0v) is 14.6. The molecule has 2 fully saturated rings. The van der Waals surface area contributed by atoms with Crippen LogP contribution in [-0.2, 0) is 10.0 Å². The number of benzene rings is 1. The van der Waals surface area contributed by atoms with Gasteiger partial charge in [0, 0.05) is 12.6 Å². The third kappa shape index (κ3) is 2.90. The summed E-state index contributed by atoms with van der Waals surface area (Å²) in [6, 6.07) is 5.53. The van der Waals surface area contributed by atoms with Gasteiger partial charge in [-0.1, -0.05) is 20.8 Å². The van der Waals surface area contributed by atoms with Gasteiger partial charge in [-0.15, -0.1) is 0 Å². The van der Waals surface area contributed by atoms with E-state index < -0.39 is 16.0 Å². The quantitative estimate of drug-likeness (QED) is 0.920. The van der Waals surface area contributed by atoms with Crippen LogP contribution in [0.5, 0.6) is 0 Å². The fourth-order valence-electron chi connectivity index (χ4n) is 4.59. The molecular weight excluding hydrogens is 314 g/mol. The van der Waals surface area contributed by atoms with Gasteiger partial charge in [-0.05, 0) is 54.4 Å². The minimum absolute atomic E-state index is 0.0283. The van der Waals surface area contributed by atoms with Crippen LogP contribution in [0.15, 0.2) is 29.2 Å². The predicted octanol–water partition coefficient (Wildman–Crippen LogP) is 2.97. The summed E-state index contributed by atoms with van der Waals surface area (Å²) >= 11 is 0. The van der Waals surface area contributed by atoms with Crippen molar-refractivity contribution in [2.75, 3.05) is 6.54 Å². The maximum atomic E-state index is 13.0. The lowest BCUT2D eigenvalue weighted by Gasteiger charge is -2.39. The van der Waals surface area contributed by atoms with Gasteiger partial charge >= 0.3 is 5.97 Å². The van der Waals surface area contributed by atoms with Crippen molar-refractivity contribution >= 4 is 16.0 Å². The van der Waals surface area contributed by atoms with Crippen LogP contribution in [0.25, 0.3) is 0 Å². The Hall–Kier alpha value is -1.40. The highest BCUT2D eigenvalue weighted by molar-refractivity contribution is 7.89. The SMILES string of the molecule is CC1(C)C[C@@H]2C[C@@](C)(CN2S(=O)(=O)c2ccc(C(=O)O)cc2)C1. The van der Waals surface area contributed by atoms with Crippen LogP contribution in [0.2, 0.25) is 0 Å². The highest BCUT2D eigenvalue weighted by atomic mass is 32.2. The Morgan fingerprint density at radius 2 is 1.78 bits per heavy atom. The second kappa shape index (κ2) is 5.05. The van der Waals surface area contributed by atoms with Crippen LogP contribution < -0.4 is 0 Å². The van der Waals surface area contributed by atoms with Gasteiger partial charge in [-0.3, -0.25) is 0 Å². The van der Waals surface area contributed by atoms with E-state index in [0.717, 1.165) is 19.3 Å². The first-order valence-electron chi connectivity index (χ1n) is 7.88. The molecule has 23 heavy (non-hydrogen) atoms. The number of sulfonamides is 1. The first-order chi connectivity index (χ1) is 10.5. The lowest BCUT2D eigenvalue weighted by molar-refractivity contribution is 0.0696. The van der Waals surface area contributed by atoms with E-state index in [1.54, 1.807) is 4.31 Å². The van der Waals surface area contributed by atoms with Crippen LogP contribution in [0.1, 0.15) is 50.4 Å². The Morgan fingerprint density at radius 1 is 1.17 bits per heavy atom. The molecule has 2 aliphatic rings. The van der Waals surface area contributed by atoms with Crippen molar-refractivity contribution in [3.8, 4) is 0 Å². The monoisotopic (exact) mass is 337 g/mol. The molecule has 2 bridgehead atoms. The van der Waals surface area contributed by atoms with Crippen LogP contribution in [0, 0.1) is 10.8 Å². The number of carboxylic acid groups (broad SMARTS) is 1. The van der Waals surface area contributed by atoms with Gasteiger partial charge in [0.1, 0.15) is 0 Å². The molecule has 1 saturated heterocycles. The molecule has 0 radical (unpaired) electrons. The molecule has 6 heteroatoms. The minimum atomic E-state index is -3.58. The molecule has 1 saturated carbocycles. The third-order valence-electron chi connectivity index (χ3n) is 5.07. The molecule has 1 aliphatic heterocycles. The predicted molar refractivity (Wildman–Crippen MR) is 86.8 cm³/mol. The largest absolute Gasteiger partial charge is 0.478 e. The van der Waals surface area contributed by atoms with E-state index in [0.29, 0.717) is 6.54 Å². The number of carbonyl (C=O) groups is 1. The van der Waals surface area contributed by atoms with Gasteiger partial charge in [0.05, 0.1) is 10.5 Å². The zero-order chi connectivity index (χ0) is 17.0. The van der Waals surface area contributed by atoms with Crippen molar-refractivity contribution in [1.29, 1.82) is 0 Å². The Labute approximate surface area is 137 Å². The first kappa shape index (κ1) is 16.5. The minimum Gasteiger partial charge on any atom is -0.478 e. The summed E-state index contributed by atoms with van der Waals surface area (Å²) in [6.07, 6.45) is 2.80.